The molecule has 0 radical (unpaired) electrons. The minimum absolute atomic E-state index is 0.156. The van der Waals surface area contributed by atoms with Gasteiger partial charge in [-0.05, 0) is 13.3 Å². The van der Waals surface area contributed by atoms with Crippen molar-refractivity contribution in [1.29, 1.82) is 0 Å². The molecule has 1 N–H and O–H groups in total. The summed E-state index contributed by atoms with van der Waals surface area (Å²) < 4.78 is 5.81. The van der Waals surface area contributed by atoms with Gasteiger partial charge >= 0.3 is 0 Å². The number of rotatable bonds is 8. The first-order chi connectivity index (χ1) is 6.77. The van der Waals surface area contributed by atoms with Crippen LogP contribution in [0.15, 0.2) is 0 Å². The predicted molar refractivity (Wildman–Crippen MR) is 60.6 cm³/mol. The van der Waals surface area contributed by atoms with Gasteiger partial charge in [-0.1, -0.05) is 39.0 Å². The Balaban J connectivity index is 1.80. The molecule has 0 aliphatic carbocycles. The fourth-order valence-electron chi connectivity index (χ4n) is 1.78. The Morgan fingerprint density at radius 3 is 2.29 bits per heavy atom. The minimum atomic E-state index is 0.156. The van der Waals surface area contributed by atoms with Crippen LogP contribution in [0, 0.1) is 0 Å². The molecule has 0 aromatic carbocycles. The van der Waals surface area contributed by atoms with Crippen molar-refractivity contribution in [3.05, 3.63) is 0 Å². The lowest BCUT2D eigenvalue weighted by Gasteiger charge is -2.39. The Hall–Kier alpha value is -0.0800. The van der Waals surface area contributed by atoms with Crippen LogP contribution >= 0.6 is 0 Å². The van der Waals surface area contributed by atoms with E-state index in [1.165, 1.54) is 38.5 Å². The molecule has 0 atom stereocenters. The van der Waals surface area contributed by atoms with Crippen molar-refractivity contribution >= 4 is 0 Å². The third-order valence-corrected chi connectivity index (χ3v) is 2.95. The van der Waals surface area contributed by atoms with E-state index in [4.69, 9.17) is 4.74 Å². The lowest BCUT2D eigenvalue weighted by molar-refractivity contribution is -0.0677. The molecule has 1 rings (SSSR count). The molecular formula is C12H25NO. The largest absolute Gasteiger partial charge is 0.373 e. The molecule has 0 unspecified atom stereocenters. The molecule has 1 heterocycles. The standard InChI is InChI=1S/C12H25NO/c1-3-4-5-6-7-8-9-14-12(2)10-13-11-12/h13H,3-11H2,1-2H3. The number of unbranched alkanes of at least 4 members (excludes halogenated alkanes) is 5. The molecule has 1 fully saturated rings. The second-order valence-corrected chi connectivity index (χ2v) is 4.67. The molecule has 0 spiro atoms. The fourth-order valence-corrected chi connectivity index (χ4v) is 1.78. The van der Waals surface area contributed by atoms with Crippen LogP contribution in [-0.4, -0.2) is 25.3 Å². The van der Waals surface area contributed by atoms with Crippen molar-refractivity contribution < 1.29 is 4.74 Å². The van der Waals surface area contributed by atoms with Gasteiger partial charge in [-0.25, -0.2) is 0 Å². The second-order valence-electron chi connectivity index (χ2n) is 4.67. The first-order valence-corrected chi connectivity index (χ1v) is 6.11. The van der Waals surface area contributed by atoms with E-state index in [-0.39, 0.29) is 5.60 Å². The average Bonchev–Trinajstić information content (AvgIpc) is 2.14. The summed E-state index contributed by atoms with van der Waals surface area (Å²) in [5.41, 5.74) is 0.156. The molecule has 0 bridgehead atoms. The molecular weight excluding hydrogens is 174 g/mol. The van der Waals surface area contributed by atoms with Gasteiger partial charge in [0.15, 0.2) is 0 Å². The second kappa shape index (κ2) is 6.41. The third-order valence-electron chi connectivity index (χ3n) is 2.95. The van der Waals surface area contributed by atoms with Gasteiger partial charge in [0.1, 0.15) is 0 Å². The Labute approximate surface area is 88.4 Å². The van der Waals surface area contributed by atoms with Crippen molar-refractivity contribution in [3.63, 3.8) is 0 Å². The van der Waals surface area contributed by atoms with Gasteiger partial charge in [0.25, 0.3) is 0 Å². The van der Waals surface area contributed by atoms with Crippen molar-refractivity contribution in [3.8, 4) is 0 Å². The van der Waals surface area contributed by atoms with E-state index in [2.05, 4.69) is 19.2 Å². The SMILES string of the molecule is CCCCCCCCOC1(C)CNC1. The summed E-state index contributed by atoms with van der Waals surface area (Å²) in [6.07, 6.45) is 8.08. The van der Waals surface area contributed by atoms with E-state index >= 15 is 0 Å². The summed E-state index contributed by atoms with van der Waals surface area (Å²) in [5.74, 6) is 0. The van der Waals surface area contributed by atoms with E-state index in [0.29, 0.717) is 0 Å². The number of hydrogen-bond donors (Lipinski definition) is 1. The summed E-state index contributed by atoms with van der Waals surface area (Å²) >= 11 is 0. The number of nitrogens with one attached hydrogen (secondary N) is 1. The molecule has 1 aliphatic heterocycles. The highest BCUT2D eigenvalue weighted by molar-refractivity contribution is 4.89. The number of ether oxygens (including phenoxy) is 1. The smallest absolute Gasteiger partial charge is 0.0901 e. The van der Waals surface area contributed by atoms with Crippen LogP contribution < -0.4 is 5.32 Å². The molecule has 0 aromatic rings. The van der Waals surface area contributed by atoms with E-state index < -0.39 is 0 Å². The van der Waals surface area contributed by atoms with Crippen LogP contribution in [0.4, 0.5) is 0 Å². The average molecular weight is 199 g/mol. The van der Waals surface area contributed by atoms with Crippen LogP contribution in [0.1, 0.15) is 52.4 Å². The van der Waals surface area contributed by atoms with Crippen LogP contribution in [0.25, 0.3) is 0 Å². The zero-order valence-corrected chi connectivity index (χ0v) is 9.77. The van der Waals surface area contributed by atoms with E-state index in [1.807, 2.05) is 0 Å². The Morgan fingerprint density at radius 2 is 1.71 bits per heavy atom. The summed E-state index contributed by atoms with van der Waals surface area (Å²) in [5, 5.41) is 3.25. The Bertz CT molecular complexity index is 143. The molecule has 14 heavy (non-hydrogen) atoms. The van der Waals surface area contributed by atoms with Gasteiger partial charge < -0.3 is 10.1 Å². The van der Waals surface area contributed by atoms with Crippen LogP contribution in [0.3, 0.4) is 0 Å². The highest BCUT2D eigenvalue weighted by atomic mass is 16.5. The minimum Gasteiger partial charge on any atom is -0.373 e. The predicted octanol–water partition coefficient (Wildman–Crippen LogP) is 2.73. The highest BCUT2D eigenvalue weighted by Gasteiger charge is 2.31. The van der Waals surface area contributed by atoms with E-state index in [0.717, 1.165) is 19.7 Å². The van der Waals surface area contributed by atoms with Gasteiger partial charge in [-0.2, -0.15) is 0 Å². The van der Waals surface area contributed by atoms with Gasteiger partial charge in [0.2, 0.25) is 0 Å². The van der Waals surface area contributed by atoms with Gasteiger partial charge in [-0.15, -0.1) is 0 Å². The molecule has 1 aliphatic rings. The number of hydrogen-bond acceptors (Lipinski definition) is 2. The monoisotopic (exact) mass is 199 g/mol. The Kier molecular flexibility index (Phi) is 5.49. The van der Waals surface area contributed by atoms with Crippen molar-refractivity contribution in [2.75, 3.05) is 19.7 Å². The molecule has 0 aromatic heterocycles. The quantitative estimate of drug-likeness (QED) is 0.607. The maximum absolute atomic E-state index is 5.81. The molecule has 0 saturated carbocycles. The maximum atomic E-state index is 5.81. The van der Waals surface area contributed by atoms with Crippen LogP contribution in [0.2, 0.25) is 0 Å². The van der Waals surface area contributed by atoms with Gasteiger partial charge in [-0.3, -0.25) is 0 Å². The molecule has 2 heteroatoms. The van der Waals surface area contributed by atoms with Crippen LogP contribution in [-0.2, 0) is 4.74 Å². The van der Waals surface area contributed by atoms with Crippen molar-refractivity contribution in [2.24, 2.45) is 0 Å². The normalized spacial score (nSPS) is 19.3. The molecule has 2 nitrogen and oxygen atoms in total. The fraction of sp³-hybridized carbons (Fsp3) is 1.00. The van der Waals surface area contributed by atoms with Gasteiger partial charge in [0.05, 0.1) is 5.60 Å². The first-order valence-electron chi connectivity index (χ1n) is 6.11. The van der Waals surface area contributed by atoms with Crippen LogP contribution in [0.5, 0.6) is 0 Å². The Morgan fingerprint density at radius 1 is 1.07 bits per heavy atom. The molecule has 1 saturated heterocycles. The summed E-state index contributed by atoms with van der Waals surface area (Å²) in [4.78, 5) is 0. The maximum Gasteiger partial charge on any atom is 0.0901 e. The summed E-state index contributed by atoms with van der Waals surface area (Å²) in [7, 11) is 0. The molecule has 0 amide bonds. The van der Waals surface area contributed by atoms with Gasteiger partial charge in [0, 0.05) is 19.7 Å². The van der Waals surface area contributed by atoms with Crippen molar-refractivity contribution in [1.82, 2.24) is 5.32 Å². The summed E-state index contributed by atoms with van der Waals surface area (Å²) in [6, 6.07) is 0. The summed E-state index contributed by atoms with van der Waals surface area (Å²) in [6.45, 7) is 7.46. The van der Waals surface area contributed by atoms with E-state index in [9.17, 15) is 0 Å². The lowest BCUT2D eigenvalue weighted by atomic mass is 10.00. The third kappa shape index (κ3) is 4.43. The zero-order chi connectivity index (χ0) is 10.3. The highest BCUT2D eigenvalue weighted by Crippen LogP contribution is 2.16. The van der Waals surface area contributed by atoms with Crippen molar-refractivity contribution in [2.45, 2.75) is 58.0 Å². The van der Waals surface area contributed by atoms with E-state index in [1.54, 1.807) is 0 Å². The zero-order valence-electron chi connectivity index (χ0n) is 9.77. The lowest BCUT2D eigenvalue weighted by Crippen LogP contribution is -2.59. The first kappa shape index (κ1) is 12.0. The topological polar surface area (TPSA) is 21.3 Å². The molecule has 84 valence electrons.